The minimum atomic E-state index is -5.09. The second kappa shape index (κ2) is 14.2. The molecule has 4 aliphatic heterocycles. The summed E-state index contributed by atoms with van der Waals surface area (Å²) in [6, 6.07) is 1.32. The fourth-order valence-electron chi connectivity index (χ4n) is 9.09. The number of fused-ring (bicyclic) bond motifs is 5. The quantitative estimate of drug-likeness (QED) is 0.204. The summed E-state index contributed by atoms with van der Waals surface area (Å²) in [6.07, 6.45) is -3.59. The first kappa shape index (κ1) is 40.5. The number of amides is 3. The first-order chi connectivity index (χ1) is 27.4. The van der Waals surface area contributed by atoms with Gasteiger partial charge in [0.05, 0.1) is 31.3 Å². The van der Waals surface area contributed by atoms with Crippen molar-refractivity contribution in [3.8, 4) is 11.5 Å². The average Bonchev–Trinajstić information content (AvgIpc) is 4.11. The first-order valence-corrected chi connectivity index (χ1v) is 21.2. The second-order valence-corrected chi connectivity index (χ2v) is 19.0. The number of carbonyl (C=O) groups excluding carboxylic acids is 3. The van der Waals surface area contributed by atoms with Gasteiger partial charge in [-0.25, -0.2) is 22.6 Å². The van der Waals surface area contributed by atoms with E-state index in [1.165, 1.54) is 25.3 Å². The predicted molar refractivity (Wildman–Crippen MR) is 198 cm³/mol. The molecule has 2 aromatic rings. The zero-order valence-corrected chi connectivity index (χ0v) is 33.1. The van der Waals surface area contributed by atoms with Crippen LogP contribution in [0.5, 0.6) is 11.5 Å². The van der Waals surface area contributed by atoms with Crippen LogP contribution in [0, 0.1) is 11.8 Å². The lowest BCUT2D eigenvalue weighted by Crippen LogP contribution is -2.58. The fraction of sp³-hybridized carbons (Fsp3) is 0.641. The smallest absolute Gasteiger partial charge is 0.437 e. The van der Waals surface area contributed by atoms with Gasteiger partial charge in [0.2, 0.25) is 21.8 Å². The van der Waals surface area contributed by atoms with Gasteiger partial charge >= 0.3 is 12.3 Å². The molecule has 4 fully saturated rings. The highest BCUT2D eigenvalue weighted by Gasteiger charge is 2.83. The summed E-state index contributed by atoms with van der Waals surface area (Å²) in [4.78, 5) is 46.1. The van der Waals surface area contributed by atoms with Crippen molar-refractivity contribution < 1.29 is 59.7 Å². The Bertz CT molecular complexity index is 2170. The molecule has 1 aromatic heterocycles. The lowest BCUT2D eigenvalue weighted by molar-refractivity contribution is -0.145. The highest BCUT2D eigenvalue weighted by Crippen LogP contribution is 2.66. The number of pyridine rings is 1. The zero-order chi connectivity index (χ0) is 41.6. The Kier molecular flexibility index (Phi) is 9.93. The summed E-state index contributed by atoms with van der Waals surface area (Å²) in [7, 11) is -2.44. The summed E-state index contributed by atoms with van der Waals surface area (Å²) in [6.45, 7) is 3.17. The molecule has 2 aliphatic carbocycles. The van der Waals surface area contributed by atoms with E-state index in [9.17, 15) is 41.1 Å². The van der Waals surface area contributed by atoms with Crippen LogP contribution in [0.4, 0.5) is 22.4 Å². The van der Waals surface area contributed by atoms with Gasteiger partial charge in [0.15, 0.2) is 16.3 Å². The van der Waals surface area contributed by atoms with Crippen LogP contribution < -0.4 is 20.1 Å². The van der Waals surface area contributed by atoms with Gasteiger partial charge in [-0.2, -0.15) is 13.2 Å². The van der Waals surface area contributed by atoms with Gasteiger partial charge in [0.1, 0.15) is 35.8 Å². The molecule has 8 atom stereocenters. The van der Waals surface area contributed by atoms with Crippen LogP contribution in [0.15, 0.2) is 30.4 Å². The van der Waals surface area contributed by atoms with E-state index in [-0.39, 0.29) is 42.0 Å². The van der Waals surface area contributed by atoms with Gasteiger partial charge in [0.25, 0.3) is 0 Å². The molecule has 2 unspecified atom stereocenters. The normalized spacial score (nSPS) is 33.5. The van der Waals surface area contributed by atoms with Gasteiger partial charge in [-0.05, 0) is 62.6 Å². The van der Waals surface area contributed by atoms with Gasteiger partial charge < -0.3 is 34.9 Å². The number of rotatable bonds is 6. The van der Waals surface area contributed by atoms with Crippen molar-refractivity contribution in [2.45, 2.75) is 125 Å². The molecule has 0 radical (unpaired) electrons. The number of allylic oxidation sites excluding steroid dienone is 1. The molecule has 19 heteroatoms. The van der Waals surface area contributed by atoms with Crippen molar-refractivity contribution in [2.24, 2.45) is 11.8 Å². The molecular weight excluding hydrogens is 791 g/mol. The summed E-state index contributed by atoms with van der Waals surface area (Å²) < 4.78 is 105. The molecular formula is C39H47F4N5O9S. The van der Waals surface area contributed by atoms with Crippen LogP contribution in [0.3, 0.4) is 0 Å². The Balaban J connectivity index is 1.18. The van der Waals surface area contributed by atoms with E-state index in [0.29, 0.717) is 38.5 Å². The topological polar surface area (TPSA) is 176 Å². The molecule has 58 heavy (non-hydrogen) atoms. The average molecular weight is 838 g/mol. The highest BCUT2D eigenvalue weighted by molar-refractivity contribution is 7.97. The largest absolute Gasteiger partial charge is 0.497 e. The molecule has 5 heterocycles. The number of benzene rings is 1. The van der Waals surface area contributed by atoms with E-state index in [2.05, 4.69) is 15.6 Å². The number of hydrogen-bond acceptors (Lipinski definition) is 10. The summed E-state index contributed by atoms with van der Waals surface area (Å²) in [5.41, 5.74) is -5.37. The number of hydrogen-bond donors (Lipinski definition) is 3. The molecule has 2 saturated heterocycles. The lowest BCUT2D eigenvalue weighted by Gasteiger charge is -2.38. The number of nitrogens with one attached hydrogen (secondary N) is 2. The van der Waals surface area contributed by atoms with E-state index >= 15 is 4.39 Å². The van der Waals surface area contributed by atoms with Crippen LogP contribution in [0.2, 0.25) is 0 Å². The number of aliphatic hydroxyl groups is 1. The maximum Gasteiger partial charge on any atom is 0.437 e. The molecule has 6 aliphatic rings. The van der Waals surface area contributed by atoms with Crippen molar-refractivity contribution in [1.29, 1.82) is 0 Å². The highest BCUT2D eigenvalue weighted by atomic mass is 32.2. The van der Waals surface area contributed by atoms with Gasteiger partial charge in [0, 0.05) is 29.7 Å². The molecule has 14 nitrogen and oxygen atoms in total. The maximum absolute atomic E-state index is 16.8. The van der Waals surface area contributed by atoms with Crippen LogP contribution in [0.1, 0.15) is 95.5 Å². The van der Waals surface area contributed by atoms with Crippen molar-refractivity contribution >= 4 is 38.8 Å². The number of alkyl carbamates (subject to hydrolysis) is 1. The third kappa shape index (κ3) is 6.83. The number of aromatic nitrogens is 1. The van der Waals surface area contributed by atoms with E-state index in [0.717, 1.165) is 9.21 Å². The number of nitrogens with zero attached hydrogens (tertiary/aromatic N) is 3. The van der Waals surface area contributed by atoms with Crippen molar-refractivity contribution in [3.63, 3.8) is 0 Å². The SMILES string of the molecule is COc1ccc2nc(C(F)(F)F)c3c(c2c1)[C@H](F)C[C@]1(C[C@H]2C(=O)N[C@]4(C(O)N5C6(CC6)S5(=O)=O)C[C@H]4/C=C\CCCCC[C@H](NC(=O)OCC(C)C)C(=O)N2C1)O3. The third-order valence-electron chi connectivity index (χ3n) is 12.4. The minimum absolute atomic E-state index is 0.0196. The number of alkyl halides is 4. The molecule has 2 spiro atoms. The lowest BCUT2D eigenvalue weighted by atomic mass is 9.85. The number of methoxy groups -OCH3 is 1. The predicted octanol–water partition coefficient (Wildman–Crippen LogP) is 4.99. The van der Waals surface area contributed by atoms with E-state index in [1.54, 1.807) is 0 Å². The Morgan fingerprint density at radius 3 is 2.59 bits per heavy atom. The molecule has 2 saturated carbocycles. The van der Waals surface area contributed by atoms with Crippen LogP contribution >= 0.6 is 0 Å². The fourth-order valence-corrected chi connectivity index (χ4v) is 11.3. The van der Waals surface area contributed by atoms with Gasteiger partial charge in [-0.3, -0.25) is 9.59 Å². The Morgan fingerprint density at radius 1 is 1.16 bits per heavy atom. The maximum atomic E-state index is 16.8. The Labute approximate surface area is 332 Å². The Morgan fingerprint density at radius 2 is 1.91 bits per heavy atom. The van der Waals surface area contributed by atoms with Crippen molar-refractivity contribution in [2.75, 3.05) is 20.3 Å². The Hall–Kier alpha value is -4.23. The van der Waals surface area contributed by atoms with Crippen molar-refractivity contribution in [1.82, 2.24) is 24.8 Å². The number of carbonyl (C=O) groups is 3. The standard InChI is InChI=1S/C39H47F4N5O9S/c1-21(2)19-56-35(52)45-27-10-8-6-4-5-7-9-22-16-38(22,34(51)48-37(13-14-37)58(48,53)54)46-32(49)28-18-36(20-47(28)33(27)50)17-25(40)29-24-15-23(55-3)11-12-26(24)44-31(30(29)57-36)39(41,42)43/h7,9,11-12,15,21-22,25,27-28,34,51H,4-6,8,10,13-14,16-20H2,1-3H3,(H,45,52)(H,46,49)/b9-7-/t22-,25-,27+,28+,34?,36-,38-,48?/m1/s1. The van der Waals surface area contributed by atoms with E-state index in [1.807, 2.05) is 26.0 Å². The number of ether oxygens (including phenoxy) is 3. The first-order valence-electron chi connectivity index (χ1n) is 19.7. The minimum Gasteiger partial charge on any atom is -0.497 e. The monoisotopic (exact) mass is 837 g/mol. The van der Waals surface area contributed by atoms with Crippen LogP contribution in [-0.2, 0) is 30.5 Å². The van der Waals surface area contributed by atoms with Crippen LogP contribution in [-0.4, -0.2) is 100 Å². The molecule has 316 valence electrons. The number of aliphatic hydroxyl groups excluding tert-OH is 1. The van der Waals surface area contributed by atoms with Gasteiger partial charge in [-0.1, -0.05) is 38.8 Å². The third-order valence-corrected chi connectivity index (χ3v) is 14.8. The summed E-state index contributed by atoms with van der Waals surface area (Å²) >= 11 is 0. The number of halogens is 4. The summed E-state index contributed by atoms with van der Waals surface area (Å²) in [5.74, 6) is -2.73. The molecule has 8 rings (SSSR count). The number of sulfonamides is 1. The molecule has 3 N–H and O–H groups in total. The molecule has 1 aromatic carbocycles. The molecule has 3 amide bonds. The van der Waals surface area contributed by atoms with E-state index < -0.39 is 117 Å². The van der Waals surface area contributed by atoms with Crippen molar-refractivity contribution in [3.05, 3.63) is 41.6 Å². The van der Waals surface area contributed by atoms with Gasteiger partial charge in [-0.15, -0.1) is 4.31 Å². The zero-order valence-electron chi connectivity index (χ0n) is 32.3. The van der Waals surface area contributed by atoms with Crippen LogP contribution in [0.25, 0.3) is 10.9 Å². The second-order valence-electron chi connectivity index (χ2n) is 16.9. The molecule has 0 bridgehead atoms. The summed E-state index contributed by atoms with van der Waals surface area (Å²) in [5, 5.41) is 17.2. The van der Waals surface area contributed by atoms with E-state index in [4.69, 9.17) is 14.2 Å².